The van der Waals surface area contributed by atoms with E-state index in [-0.39, 0.29) is 10.7 Å². The Hall–Kier alpha value is -1.65. The van der Waals surface area contributed by atoms with E-state index in [2.05, 4.69) is 14.7 Å². The Labute approximate surface area is 127 Å². The van der Waals surface area contributed by atoms with Crippen LogP contribution in [0, 0.1) is 0 Å². The Bertz CT molecular complexity index is 678. The lowest BCUT2D eigenvalue weighted by Crippen LogP contribution is -2.23. The highest BCUT2D eigenvalue weighted by atomic mass is 32.2. The number of sulfonamides is 1. The fraction of sp³-hybridized carbons (Fsp3) is 0.455. The molecule has 2 rings (SSSR count). The van der Waals surface area contributed by atoms with Gasteiger partial charge in [-0.2, -0.15) is 4.37 Å². The van der Waals surface area contributed by atoms with Crippen LogP contribution in [0.2, 0.25) is 0 Å². The summed E-state index contributed by atoms with van der Waals surface area (Å²) in [5, 5.41) is 3.57. The van der Waals surface area contributed by atoms with Crippen LogP contribution in [0.1, 0.15) is 6.42 Å². The molecule has 2 aromatic heterocycles. The van der Waals surface area contributed by atoms with Gasteiger partial charge in [-0.3, -0.25) is 0 Å². The molecule has 3 N–H and O–H groups in total. The first-order chi connectivity index (χ1) is 9.93. The molecule has 0 saturated carbocycles. The zero-order valence-electron chi connectivity index (χ0n) is 11.9. The second-order valence-electron chi connectivity index (χ2n) is 4.59. The number of imidazole rings is 1. The van der Waals surface area contributed by atoms with Crippen LogP contribution in [0.5, 0.6) is 0 Å². The summed E-state index contributed by atoms with van der Waals surface area (Å²) in [7, 11) is -0.662. The van der Waals surface area contributed by atoms with Crippen molar-refractivity contribution in [2.24, 2.45) is 0 Å². The molecule has 0 amide bonds. The lowest BCUT2D eigenvalue weighted by molar-refractivity contribution is 0.521. The Morgan fingerprint density at radius 1 is 1.48 bits per heavy atom. The zero-order chi connectivity index (χ0) is 15.5. The van der Waals surface area contributed by atoms with Gasteiger partial charge in [-0.25, -0.2) is 17.7 Å². The van der Waals surface area contributed by atoms with E-state index >= 15 is 0 Å². The summed E-state index contributed by atoms with van der Waals surface area (Å²) in [6.07, 6.45) is 6.17. The van der Waals surface area contributed by atoms with Crippen molar-refractivity contribution in [2.45, 2.75) is 17.9 Å². The molecular formula is C11H18N6O2S2. The van der Waals surface area contributed by atoms with Crippen molar-refractivity contribution in [2.75, 3.05) is 31.7 Å². The normalized spacial score (nSPS) is 12.0. The van der Waals surface area contributed by atoms with Crippen molar-refractivity contribution in [3.05, 3.63) is 18.7 Å². The molecule has 21 heavy (non-hydrogen) atoms. The summed E-state index contributed by atoms with van der Waals surface area (Å²) in [5.74, 6) is 0.0332. The Kier molecular flexibility index (Phi) is 4.80. The molecule has 8 nitrogen and oxygen atoms in total. The highest BCUT2D eigenvalue weighted by Crippen LogP contribution is 2.32. The summed E-state index contributed by atoms with van der Waals surface area (Å²) in [5.41, 5.74) is 5.69. The number of nitrogen functional groups attached to an aromatic ring is 1. The quantitative estimate of drug-likeness (QED) is 0.723. The molecule has 2 aromatic rings. The van der Waals surface area contributed by atoms with Crippen LogP contribution in [0.4, 0.5) is 10.8 Å². The average molecular weight is 330 g/mol. The van der Waals surface area contributed by atoms with Crippen molar-refractivity contribution < 1.29 is 8.42 Å². The first-order valence-electron chi connectivity index (χ1n) is 6.30. The first kappa shape index (κ1) is 15.7. The Balaban J connectivity index is 2.01. The predicted octanol–water partition coefficient (Wildman–Crippen LogP) is 0.674. The number of hydrogen-bond donors (Lipinski definition) is 2. The lowest BCUT2D eigenvalue weighted by Gasteiger charge is -2.13. The molecule has 0 bridgehead atoms. The van der Waals surface area contributed by atoms with Crippen LogP contribution in [0.25, 0.3) is 0 Å². The fourth-order valence-corrected chi connectivity index (χ4v) is 3.82. The van der Waals surface area contributed by atoms with Gasteiger partial charge < -0.3 is 15.6 Å². The number of aryl methyl sites for hydroxylation is 1. The molecule has 2 heterocycles. The van der Waals surface area contributed by atoms with Crippen molar-refractivity contribution in [3.63, 3.8) is 0 Å². The van der Waals surface area contributed by atoms with Gasteiger partial charge in [0.25, 0.3) is 0 Å². The Morgan fingerprint density at radius 3 is 2.86 bits per heavy atom. The van der Waals surface area contributed by atoms with Gasteiger partial charge in [0.2, 0.25) is 10.0 Å². The number of nitrogens with one attached hydrogen (secondary N) is 1. The predicted molar refractivity (Wildman–Crippen MR) is 82.7 cm³/mol. The minimum Gasteiger partial charge on any atom is -0.382 e. The van der Waals surface area contributed by atoms with Crippen LogP contribution < -0.4 is 11.1 Å². The lowest BCUT2D eigenvalue weighted by atomic mass is 10.4. The van der Waals surface area contributed by atoms with Gasteiger partial charge in [0.15, 0.2) is 10.7 Å². The molecule has 0 aromatic carbocycles. The van der Waals surface area contributed by atoms with Gasteiger partial charge in [-0.1, -0.05) is 0 Å². The monoisotopic (exact) mass is 330 g/mol. The molecule has 116 valence electrons. The summed E-state index contributed by atoms with van der Waals surface area (Å²) in [6, 6.07) is 0. The number of nitrogens with zero attached hydrogens (tertiary/aromatic N) is 4. The van der Waals surface area contributed by atoms with E-state index in [1.807, 2.05) is 10.8 Å². The van der Waals surface area contributed by atoms with Crippen LogP contribution in [0.15, 0.2) is 23.6 Å². The first-order valence-corrected chi connectivity index (χ1v) is 8.51. The maximum atomic E-state index is 12.2. The summed E-state index contributed by atoms with van der Waals surface area (Å²) < 4.78 is 31.4. The van der Waals surface area contributed by atoms with Crippen LogP contribution in [-0.4, -0.2) is 47.3 Å². The maximum absolute atomic E-state index is 12.2. The third-order valence-electron chi connectivity index (χ3n) is 2.85. The van der Waals surface area contributed by atoms with E-state index < -0.39 is 10.0 Å². The minimum atomic E-state index is -3.60. The summed E-state index contributed by atoms with van der Waals surface area (Å²) in [6.45, 7) is 1.42. The molecule has 0 spiro atoms. The van der Waals surface area contributed by atoms with E-state index in [4.69, 9.17) is 5.73 Å². The van der Waals surface area contributed by atoms with Crippen LogP contribution in [0.3, 0.4) is 0 Å². The van der Waals surface area contributed by atoms with E-state index in [9.17, 15) is 8.42 Å². The maximum Gasteiger partial charge on any atom is 0.249 e. The molecule has 0 aliphatic rings. The molecule has 0 fully saturated rings. The number of hydrogen-bond acceptors (Lipinski definition) is 7. The largest absolute Gasteiger partial charge is 0.382 e. The van der Waals surface area contributed by atoms with Crippen molar-refractivity contribution in [1.82, 2.24) is 18.2 Å². The second-order valence-corrected chi connectivity index (χ2v) is 7.46. The van der Waals surface area contributed by atoms with Crippen LogP contribution >= 0.6 is 11.5 Å². The SMILES string of the molecule is CN(C)S(=O)(=O)c1c(N)nsc1NCCCn1ccnc1. The summed E-state index contributed by atoms with van der Waals surface area (Å²) >= 11 is 1.06. The minimum absolute atomic E-state index is 0.0332. The molecule has 0 atom stereocenters. The third-order valence-corrected chi connectivity index (χ3v) is 5.69. The molecule has 0 aliphatic carbocycles. The van der Waals surface area contributed by atoms with Crippen LogP contribution in [-0.2, 0) is 16.6 Å². The average Bonchev–Trinajstić information content (AvgIpc) is 3.04. The van der Waals surface area contributed by atoms with Gasteiger partial charge in [-0.15, -0.1) is 0 Å². The van der Waals surface area contributed by atoms with Crippen molar-refractivity contribution in [1.29, 1.82) is 0 Å². The third kappa shape index (κ3) is 3.52. The van der Waals surface area contributed by atoms with Crippen molar-refractivity contribution in [3.8, 4) is 0 Å². The van der Waals surface area contributed by atoms with E-state index in [0.29, 0.717) is 11.5 Å². The van der Waals surface area contributed by atoms with E-state index in [0.717, 1.165) is 28.8 Å². The highest BCUT2D eigenvalue weighted by Gasteiger charge is 2.27. The van der Waals surface area contributed by atoms with E-state index in [1.54, 1.807) is 12.5 Å². The molecule has 0 saturated heterocycles. The Morgan fingerprint density at radius 2 is 2.24 bits per heavy atom. The summed E-state index contributed by atoms with van der Waals surface area (Å²) in [4.78, 5) is 4.02. The second kappa shape index (κ2) is 6.41. The zero-order valence-corrected chi connectivity index (χ0v) is 13.5. The van der Waals surface area contributed by atoms with Gasteiger partial charge >= 0.3 is 0 Å². The molecule has 10 heteroatoms. The van der Waals surface area contributed by atoms with Crippen molar-refractivity contribution >= 4 is 32.4 Å². The van der Waals surface area contributed by atoms with Gasteiger partial charge in [-0.05, 0) is 18.0 Å². The molecule has 0 aliphatic heterocycles. The molecule has 0 radical (unpaired) electrons. The highest BCUT2D eigenvalue weighted by molar-refractivity contribution is 7.89. The molecular weight excluding hydrogens is 312 g/mol. The standard InChI is InChI=1S/C11H18N6O2S2/c1-16(2)21(18,19)9-10(12)15-20-11(9)14-4-3-6-17-7-5-13-8-17/h5,7-8,14H,3-4,6H2,1-2H3,(H2,12,15). The number of anilines is 2. The number of rotatable bonds is 7. The number of nitrogens with two attached hydrogens (primary N) is 1. The molecule has 0 unspecified atom stereocenters. The number of aromatic nitrogens is 3. The van der Waals surface area contributed by atoms with Gasteiger partial charge in [0.1, 0.15) is 5.00 Å². The fourth-order valence-electron chi connectivity index (χ4n) is 1.72. The van der Waals surface area contributed by atoms with Gasteiger partial charge in [0, 0.05) is 39.6 Å². The van der Waals surface area contributed by atoms with E-state index in [1.165, 1.54) is 14.1 Å². The smallest absolute Gasteiger partial charge is 0.249 e. The van der Waals surface area contributed by atoms with Gasteiger partial charge in [0.05, 0.1) is 6.33 Å². The topological polar surface area (TPSA) is 106 Å².